The number of rotatable bonds is 2. The fourth-order valence-corrected chi connectivity index (χ4v) is 1.95. The van der Waals surface area contributed by atoms with E-state index < -0.39 is 0 Å². The zero-order chi connectivity index (χ0) is 12.7. The Morgan fingerprint density at radius 2 is 2.06 bits per heavy atom. The number of fused-ring (bicyclic) bond motifs is 1. The molecule has 0 saturated carbocycles. The molecule has 3 heterocycles. The molecule has 0 radical (unpaired) electrons. The standard InChI is InChI=1S/C12H14N6/c1-8(2)10-9(7-17(3)15-10)11-14-12-13-5-4-6-18(12)16-11/h4-8H,1-3H3. The van der Waals surface area contributed by atoms with Gasteiger partial charge in [0.05, 0.1) is 11.3 Å². The minimum Gasteiger partial charge on any atom is -0.275 e. The SMILES string of the molecule is CC(C)c1nn(C)cc1-c1nc2ncccn2n1. The average molecular weight is 242 g/mol. The van der Waals surface area contributed by atoms with Gasteiger partial charge >= 0.3 is 0 Å². The summed E-state index contributed by atoms with van der Waals surface area (Å²) in [5, 5.41) is 8.89. The summed E-state index contributed by atoms with van der Waals surface area (Å²) in [5.41, 5.74) is 1.98. The van der Waals surface area contributed by atoms with Gasteiger partial charge in [0, 0.05) is 25.6 Å². The van der Waals surface area contributed by atoms with Crippen molar-refractivity contribution >= 4 is 5.78 Å². The number of aryl methyl sites for hydroxylation is 1. The van der Waals surface area contributed by atoms with Gasteiger partial charge in [0.25, 0.3) is 5.78 Å². The van der Waals surface area contributed by atoms with E-state index in [1.165, 1.54) is 0 Å². The van der Waals surface area contributed by atoms with Crippen molar-refractivity contribution in [3.8, 4) is 11.4 Å². The third-order valence-corrected chi connectivity index (χ3v) is 2.76. The summed E-state index contributed by atoms with van der Waals surface area (Å²) in [7, 11) is 1.91. The van der Waals surface area contributed by atoms with E-state index in [-0.39, 0.29) is 0 Å². The molecule has 3 aromatic heterocycles. The highest BCUT2D eigenvalue weighted by atomic mass is 15.3. The third-order valence-electron chi connectivity index (χ3n) is 2.76. The minimum absolute atomic E-state index is 0.334. The van der Waals surface area contributed by atoms with E-state index in [9.17, 15) is 0 Å². The van der Waals surface area contributed by atoms with Gasteiger partial charge in [0.1, 0.15) is 0 Å². The number of hydrogen-bond acceptors (Lipinski definition) is 4. The van der Waals surface area contributed by atoms with Gasteiger partial charge in [0.2, 0.25) is 0 Å². The molecule has 0 aliphatic carbocycles. The molecule has 0 spiro atoms. The molecule has 6 heteroatoms. The van der Waals surface area contributed by atoms with Crippen LogP contribution in [0, 0.1) is 0 Å². The Balaban J connectivity index is 2.19. The van der Waals surface area contributed by atoms with Gasteiger partial charge in [-0.1, -0.05) is 13.8 Å². The summed E-state index contributed by atoms with van der Waals surface area (Å²) in [6.07, 6.45) is 5.49. The predicted octanol–water partition coefficient (Wildman–Crippen LogP) is 1.65. The Bertz CT molecular complexity index is 660. The van der Waals surface area contributed by atoms with Crippen molar-refractivity contribution in [2.24, 2.45) is 7.05 Å². The van der Waals surface area contributed by atoms with E-state index in [2.05, 4.69) is 34.0 Å². The van der Waals surface area contributed by atoms with E-state index in [4.69, 9.17) is 0 Å². The maximum Gasteiger partial charge on any atom is 0.252 e. The van der Waals surface area contributed by atoms with Crippen LogP contribution in [0.2, 0.25) is 0 Å². The molecule has 0 amide bonds. The quantitative estimate of drug-likeness (QED) is 0.685. The molecule has 3 rings (SSSR count). The molecular weight excluding hydrogens is 228 g/mol. The lowest BCUT2D eigenvalue weighted by Crippen LogP contribution is -1.94. The fraction of sp³-hybridized carbons (Fsp3) is 0.333. The van der Waals surface area contributed by atoms with E-state index in [1.54, 1.807) is 15.4 Å². The van der Waals surface area contributed by atoms with Gasteiger partial charge in [-0.3, -0.25) is 4.68 Å². The normalized spacial score (nSPS) is 11.6. The molecular formula is C12H14N6. The zero-order valence-electron chi connectivity index (χ0n) is 10.6. The van der Waals surface area contributed by atoms with Crippen LogP contribution in [0.3, 0.4) is 0 Å². The lowest BCUT2D eigenvalue weighted by atomic mass is 10.1. The summed E-state index contributed by atoms with van der Waals surface area (Å²) in [6.45, 7) is 4.22. The van der Waals surface area contributed by atoms with Gasteiger partial charge in [-0.05, 0) is 12.0 Å². The summed E-state index contributed by atoms with van der Waals surface area (Å²) in [5.74, 6) is 1.61. The van der Waals surface area contributed by atoms with E-state index in [1.807, 2.05) is 25.5 Å². The van der Waals surface area contributed by atoms with Crippen LogP contribution in [0.15, 0.2) is 24.7 Å². The van der Waals surface area contributed by atoms with Crippen molar-refractivity contribution in [1.82, 2.24) is 29.4 Å². The molecule has 6 nitrogen and oxygen atoms in total. The smallest absolute Gasteiger partial charge is 0.252 e. The molecule has 0 saturated heterocycles. The number of nitrogens with zero attached hydrogens (tertiary/aromatic N) is 6. The Labute approximate surface area is 104 Å². The molecule has 0 unspecified atom stereocenters. The van der Waals surface area contributed by atoms with Crippen LogP contribution in [0.5, 0.6) is 0 Å². The highest BCUT2D eigenvalue weighted by Gasteiger charge is 2.17. The van der Waals surface area contributed by atoms with Crippen molar-refractivity contribution < 1.29 is 0 Å². The average Bonchev–Trinajstić information content (AvgIpc) is 2.91. The molecule has 0 aromatic carbocycles. The van der Waals surface area contributed by atoms with Gasteiger partial charge in [0.15, 0.2) is 5.82 Å². The van der Waals surface area contributed by atoms with E-state index in [0.717, 1.165) is 11.3 Å². The Morgan fingerprint density at radius 3 is 2.78 bits per heavy atom. The van der Waals surface area contributed by atoms with Gasteiger partial charge in [-0.15, -0.1) is 5.10 Å². The molecule has 18 heavy (non-hydrogen) atoms. The largest absolute Gasteiger partial charge is 0.275 e. The maximum absolute atomic E-state index is 4.46. The van der Waals surface area contributed by atoms with Crippen molar-refractivity contribution in [3.63, 3.8) is 0 Å². The highest BCUT2D eigenvalue weighted by molar-refractivity contribution is 5.59. The Hall–Kier alpha value is -2.24. The zero-order valence-corrected chi connectivity index (χ0v) is 10.6. The molecule has 92 valence electrons. The molecule has 0 bridgehead atoms. The van der Waals surface area contributed by atoms with Crippen molar-refractivity contribution in [1.29, 1.82) is 0 Å². The summed E-state index contributed by atoms with van der Waals surface area (Å²) in [4.78, 5) is 8.60. The predicted molar refractivity (Wildman–Crippen MR) is 67.1 cm³/mol. The Morgan fingerprint density at radius 1 is 1.22 bits per heavy atom. The first kappa shape index (κ1) is 10.9. The lowest BCUT2D eigenvalue weighted by molar-refractivity contribution is 0.713. The second kappa shape index (κ2) is 3.90. The van der Waals surface area contributed by atoms with Gasteiger partial charge < -0.3 is 0 Å². The second-order valence-corrected chi connectivity index (χ2v) is 4.56. The van der Waals surface area contributed by atoms with Crippen molar-refractivity contribution in [2.45, 2.75) is 19.8 Å². The lowest BCUT2D eigenvalue weighted by Gasteiger charge is -2.00. The molecule has 0 fully saturated rings. The third kappa shape index (κ3) is 1.66. The molecule has 3 aromatic rings. The van der Waals surface area contributed by atoms with Crippen LogP contribution in [0.25, 0.3) is 17.2 Å². The first-order valence-electron chi connectivity index (χ1n) is 5.86. The van der Waals surface area contributed by atoms with Crippen LogP contribution < -0.4 is 0 Å². The topological polar surface area (TPSA) is 60.9 Å². The molecule has 0 aliphatic heterocycles. The highest BCUT2D eigenvalue weighted by Crippen LogP contribution is 2.25. The number of aromatic nitrogens is 6. The summed E-state index contributed by atoms with van der Waals surface area (Å²) < 4.78 is 3.47. The first-order chi connectivity index (χ1) is 8.65. The van der Waals surface area contributed by atoms with Crippen LogP contribution in [0.4, 0.5) is 0 Å². The Kier molecular flexibility index (Phi) is 2.36. The van der Waals surface area contributed by atoms with Crippen LogP contribution >= 0.6 is 0 Å². The second-order valence-electron chi connectivity index (χ2n) is 4.56. The van der Waals surface area contributed by atoms with Gasteiger partial charge in [-0.2, -0.15) is 10.1 Å². The van der Waals surface area contributed by atoms with Crippen LogP contribution in [-0.2, 0) is 7.05 Å². The van der Waals surface area contributed by atoms with Crippen molar-refractivity contribution in [2.75, 3.05) is 0 Å². The molecule has 0 aliphatic rings. The summed E-state index contributed by atoms with van der Waals surface area (Å²) >= 11 is 0. The fourth-order valence-electron chi connectivity index (χ4n) is 1.95. The van der Waals surface area contributed by atoms with E-state index in [0.29, 0.717) is 17.5 Å². The van der Waals surface area contributed by atoms with Crippen molar-refractivity contribution in [3.05, 3.63) is 30.4 Å². The monoisotopic (exact) mass is 242 g/mol. The van der Waals surface area contributed by atoms with Crippen LogP contribution in [-0.4, -0.2) is 29.4 Å². The molecule has 0 atom stereocenters. The first-order valence-corrected chi connectivity index (χ1v) is 5.86. The maximum atomic E-state index is 4.46. The van der Waals surface area contributed by atoms with E-state index >= 15 is 0 Å². The van der Waals surface area contributed by atoms with Gasteiger partial charge in [-0.25, -0.2) is 9.50 Å². The number of hydrogen-bond donors (Lipinski definition) is 0. The van der Waals surface area contributed by atoms with Crippen LogP contribution in [0.1, 0.15) is 25.5 Å². The minimum atomic E-state index is 0.334. The molecule has 0 N–H and O–H groups in total. The summed E-state index contributed by atoms with van der Waals surface area (Å²) in [6, 6.07) is 1.83.